The highest BCUT2D eigenvalue weighted by molar-refractivity contribution is 5.86. The van der Waals surface area contributed by atoms with Gasteiger partial charge >= 0.3 is 0 Å². The first kappa shape index (κ1) is 16.8. The van der Waals surface area contributed by atoms with Crippen molar-refractivity contribution >= 4 is 16.8 Å². The standard InChI is InChI=1S/C19H26N2O3/c1-19(2,12-21-18(22)13-6-8-24-9-7-13)16-11-20-17-5-4-14(23-3)10-15(16)17/h4-5,10-11,13,20H,6-9,12H2,1-3H3,(H,21,22). The normalized spacial score (nSPS) is 16.3. The molecule has 1 aromatic carbocycles. The van der Waals surface area contributed by atoms with Gasteiger partial charge in [0.05, 0.1) is 7.11 Å². The molecule has 0 spiro atoms. The molecule has 1 aliphatic heterocycles. The van der Waals surface area contributed by atoms with Crippen molar-refractivity contribution < 1.29 is 14.3 Å². The second-order valence-corrected chi connectivity index (χ2v) is 7.10. The van der Waals surface area contributed by atoms with E-state index in [1.54, 1.807) is 7.11 Å². The molecule has 0 unspecified atom stereocenters. The van der Waals surface area contributed by atoms with Crippen LogP contribution < -0.4 is 10.1 Å². The van der Waals surface area contributed by atoms with Crippen molar-refractivity contribution in [2.45, 2.75) is 32.1 Å². The third kappa shape index (κ3) is 3.41. The molecule has 0 saturated carbocycles. The zero-order valence-corrected chi connectivity index (χ0v) is 14.6. The molecule has 0 aliphatic carbocycles. The molecule has 5 heteroatoms. The van der Waals surface area contributed by atoms with Crippen LogP contribution in [-0.2, 0) is 14.9 Å². The van der Waals surface area contributed by atoms with Gasteiger partial charge in [-0.05, 0) is 36.6 Å². The summed E-state index contributed by atoms with van der Waals surface area (Å²) >= 11 is 0. The Balaban J connectivity index is 1.73. The maximum atomic E-state index is 12.4. The highest BCUT2D eigenvalue weighted by atomic mass is 16.5. The molecule has 1 saturated heterocycles. The summed E-state index contributed by atoms with van der Waals surface area (Å²) in [5.74, 6) is 1.06. The highest BCUT2D eigenvalue weighted by Crippen LogP contribution is 2.32. The first-order valence-corrected chi connectivity index (χ1v) is 8.52. The summed E-state index contributed by atoms with van der Waals surface area (Å²) in [5, 5.41) is 4.27. The number of carbonyl (C=O) groups is 1. The zero-order chi connectivity index (χ0) is 17.2. The number of hydrogen-bond acceptors (Lipinski definition) is 3. The molecule has 1 aromatic heterocycles. The van der Waals surface area contributed by atoms with Crippen molar-refractivity contribution in [3.8, 4) is 5.75 Å². The molecule has 1 fully saturated rings. The predicted molar refractivity (Wildman–Crippen MR) is 94.4 cm³/mol. The van der Waals surface area contributed by atoms with Crippen molar-refractivity contribution in [1.82, 2.24) is 10.3 Å². The average Bonchev–Trinajstić information content (AvgIpc) is 3.04. The van der Waals surface area contributed by atoms with Gasteiger partial charge in [-0.15, -0.1) is 0 Å². The van der Waals surface area contributed by atoms with E-state index in [-0.39, 0.29) is 17.2 Å². The number of rotatable bonds is 5. The van der Waals surface area contributed by atoms with Gasteiger partial charge in [-0.25, -0.2) is 0 Å². The fraction of sp³-hybridized carbons (Fsp3) is 0.526. The lowest BCUT2D eigenvalue weighted by molar-refractivity contribution is -0.128. The number of amides is 1. The fourth-order valence-corrected chi connectivity index (χ4v) is 3.29. The monoisotopic (exact) mass is 330 g/mol. The topological polar surface area (TPSA) is 63.3 Å². The highest BCUT2D eigenvalue weighted by Gasteiger charge is 2.27. The van der Waals surface area contributed by atoms with Gasteiger partial charge in [0, 0.05) is 48.2 Å². The molecule has 130 valence electrons. The van der Waals surface area contributed by atoms with Crippen LogP contribution in [0.4, 0.5) is 0 Å². The number of ether oxygens (including phenoxy) is 2. The van der Waals surface area contributed by atoms with Gasteiger partial charge in [0.1, 0.15) is 5.75 Å². The van der Waals surface area contributed by atoms with Gasteiger partial charge in [0.2, 0.25) is 5.91 Å². The molecular weight excluding hydrogens is 304 g/mol. The summed E-state index contributed by atoms with van der Waals surface area (Å²) in [6, 6.07) is 6.01. The molecule has 0 radical (unpaired) electrons. The number of benzene rings is 1. The Morgan fingerprint density at radius 1 is 1.38 bits per heavy atom. The Labute approximate surface area is 142 Å². The molecule has 2 heterocycles. The summed E-state index contributed by atoms with van der Waals surface area (Å²) in [4.78, 5) is 15.7. The van der Waals surface area contributed by atoms with Crippen molar-refractivity contribution in [2.24, 2.45) is 5.92 Å². The summed E-state index contributed by atoms with van der Waals surface area (Å²) < 4.78 is 10.7. The van der Waals surface area contributed by atoms with Crippen LogP contribution in [-0.4, -0.2) is 37.8 Å². The van der Waals surface area contributed by atoms with Crippen LogP contribution in [0.25, 0.3) is 10.9 Å². The van der Waals surface area contributed by atoms with Gasteiger partial charge < -0.3 is 19.8 Å². The summed E-state index contributed by atoms with van der Waals surface area (Å²) in [7, 11) is 1.67. The Bertz CT molecular complexity index is 714. The summed E-state index contributed by atoms with van der Waals surface area (Å²) in [6.07, 6.45) is 3.66. The molecule has 0 bridgehead atoms. The van der Waals surface area contributed by atoms with Crippen LogP contribution in [0.3, 0.4) is 0 Å². The smallest absolute Gasteiger partial charge is 0.223 e. The minimum atomic E-state index is -0.175. The number of carbonyl (C=O) groups excluding carboxylic acids is 1. The lowest BCUT2D eigenvalue weighted by Crippen LogP contribution is -2.41. The lowest BCUT2D eigenvalue weighted by Gasteiger charge is -2.27. The quantitative estimate of drug-likeness (QED) is 0.886. The third-order valence-corrected chi connectivity index (χ3v) is 4.91. The van der Waals surface area contributed by atoms with Crippen LogP contribution in [0.2, 0.25) is 0 Å². The first-order chi connectivity index (χ1) is 11.5. The van der Waals surface area contributed by atoms with E-state index in [4.69, 9.17) is 9.47 Å². The van der Waals surface area contributed by atoms with Crippen molar-refractivity contribution in [1.29, 1.82) is 0 Å². The molecular formula is C19H26N2O3. The first-order valence-electron chi connectivity index (χ1n) is 8.52. The Hall–Kier alpha value is -2.01. The maximum absolute atomic E-state index is 12.4. The number of H-pyrrole nitrogens is 1. The van der Waals surface area contributed by atoms with Crippen LogP contribution in [0.5, 0.6) is 5.75 Å². The van der Waals surface area contributed by atoms with E-state index in [9.17, 15) is 4.79 Å². The SMILES string of the molecule is COc1ccc2[nH]cc(C(C)(C)CNC(=O)C3CCOCC3)c2c1. The number of aromatic amines is 1. The van der Waals surface area contributed by atoms with Crippen molar-refractivity contribution in [3.05, 3.63) is 30.0 Å². The number of nitrogens with one attached hydrogen (secondary N) is 2. The zero-order valence-electron chi connectivity index (χ0n) is 14.6. The van der Waals surface area contributed by atoms with Gasteiger partial charge in [0.25, 0.3) is 0 Å². The number of methoxy groups -OCH3 is 1. The molecule has 2 aromatic rings. The summed E-state index contributed by atoms with van der Waals surface area (Å²) in [6.45, 7) is 6.28. The second-order valence-electron chi connectivity index (χ2n) is 7.10. The average molecular weight is 330 g/mol. The molecule has 0 atom stereocenters. The number of hydrogen-bond donors (Lipinski definition) is 2. The Morgan fingerprint density at radius 2 is 2.12 bits per heavy atom. The van der Waals surface area contributed by atoms with Crippen LogP contribution >= 0.6 is 0 Å². The van der Waals surface area contributed by atoms with Gasteiger partial charge in [0.15, 0.2) is 0 Å². The maximum Gasteiger partial charge on any atom is 0.223 e. The number of fused-ring (bicyclic) bond motifs is 1. The molecule has 2 N–H and O–H groups in total. The molecule has 24 heavy (non-hydrogen) atoms. The van der Waals surface area contributed by atoms with Crippen LogP contribution in [0, 0.1) is 5.92 Å². The second kappa shape index (κ2) is 6.85. The van der Waals surface area contributed by atoms with Crippen LogP contribution in [0.15, 0.2) is 24.4 Å². The van der Waals surface area contributed by atoms with E-state index in [0.29, 0.717) is 19.8 Å². The largest absolute Gasteiger partial charge is 0.497 e. The third-order valence-electron chi connectivity index (χ3n) is 4.91. The van der Waals surface area contributed by atoms with Gasteiger partial charge in [-0.3, -0.25) is 4.79 Å². The predicted octanol–water partition coefficient (Wildman–Crippen LogP) is 3.00. The van der Waals surface area contributed by atoms with Crippen molar-refractivity contribution in [2.75, 3.05) is 26.9 Å². The Morgan fingerprint density at radius 3 is 2.83 bits per heavy atom. The summed E-state index contributed by atoms with van der Waals surface area (Å²) in [5.41, 5.74) is 2.09. The molecule has 5 nitrogen and oxygen atoms in total. The molecule has 3 rings (SSSR count). The van der Waals surface area contributed by atoms with E-state index < -0.39 is 0 Å². The molecule has 1 aliphatic rings. The van der Waals surface area contributed by atoms with E-state index in [1.165, 1.54) is 5.56 Å². The van der Waals surface area contributed by atoms with E-state index >= 15 is 0 Å². The van der Waals surface area contributed by atoms with E-state index in [1.807, 2.05) is 24.4 Å². The van der Waals surface area contributed by atoms with Crippen molar-refractivity contribution in [3.63, 3.8) is 0 Å². The van der Waals surface area contributed by atoms with E-state index in [2.05, 4.69) is 24.1 Å². The minimum absolute atomic E-state index is 0.0811. The lowest BCUT2D eigenvalue weighted by atomic mass is 9.84. The van der Waals surface area contributed by atoms with Crippen LogP contribution in [0.1, 0.15) is 32.3 Å². The minimum Gasteiger partial charge on any atom is -0.497 e. The van der Waals surface area contributed by atoms with E-state index in [0.717, 1.165) is 29.5 Å². The Kier molecular flexibility index (Phi) is 4.81. The number of aromatic nitrogens is 1. The fourth-order valence-electron chi connectivity index (χ4n) is 3.29. The van der Waals surface area contributed by atoms with Gasteiger partial charge in [-0.1, -0.05) is 13.8 Å². The van der Waals surface area contributed by atoms with Gasteiger partial charge in [-0.2, -0.15) is 0 Å². The molecule has 1 amide bonds.